The van der Waals surface area contributed by atoms with Gasteiger partial charge in [0.15, 0.2) is 0 Å². The highest BCUT2D eigenvalue weighted by Crippen LogP contribution is 2.37. The number of fused-ring (bicyclic) bond motifs is 1. The van der Waals surface area contributed by atoms with Gasteiger partial charge in [0, 0.05) is 19.5 Å². The van der Waals surface area contributed by atoms with E-state index in [1.807, 2.05) is 18.9 Å². The molecule has 3 heteroatoms. The van der Waals surface area contributed by atoms with E-state index in [-0.39, 0.29) is 11.9 Å². The number of rotatable bonds is 3. The van der Waals surface area contributed by atoms with Gasteiger partial charge in [-0.25, -0.2) is 0 Å². The van der Waals surface area contributed by atoms with Crippen molar-refractivity contribution >= 4 is 5.91 Å². The van der Waals surface area contributed by atoms with Gasteiger partial charge >= 0.3 is 0 Å². The van der Waals surface area contributed by atoms with Crippen molar-refractivity contribution in [3.05, 3.63) is 35.4 Å². The molecule has 0 bridgehead atoms. The lowest BCUT2D eigenvalue weighted by Crippen LogP contribution is -2.45. The van der Waals surface area contributed by atoms with Gasteiger partial charge in [-0.1, -0.05) is 31.2 Å². The third kappa shape index (κ3) is 2.91. The standard InChI is InChI=1S/C19H28N2O/c1-3-18(22)20(2)19-16-11-5-4-9-15(16)10-8-12-17(19)21-13-6-7-14-21/h4-5,9,11,17,19H,3,6-8,10,12-14H2,1-2H3. The van der Waals surface area contributed by atoms with Crippen LogP contribution in [0.25, 0.3) is 0 Å². The van der Waals surface area contributed by atoms with Crippen LogP contribution in [0.2, 0.25) is 0 Å². The Balaban J connectivity index is 1.99. The summed E-state index contributed by atoms with van der Waals surface area (Å²) in [6, 6.07) is 9.44. The van der Waals surface area contributed by atoms with Gasteiger partial charge in [0.2, 0.25) is 5.91 Å². The minimum absolute atomic E-state index is 0.212. The van der Waals surface area contributed by atoms with Gasteiger partial charge in [-0.2, -0.15) is 0 Å². The first-order chi connectivity index (χ1) is 10.7. The van der Waals surface area contributed by atoms with E-state index in [0.717, 1.165) is 6.42 Å². The monoisotopic (exact) mass is 300 g/mol. The molecule has 0 aromatic heterocycles. The molecular weight excluding hydrogens is 272 g/mol. The zero-order valence-electron chi connectivity index (χ0n) is 13.9. The average Bonchev–Trinajstić information content (AvgIpc) is 3.01. The molecule has 1 saturated heterocycles. The van der Waals surface area contributed by atoms with E-state index in [1.54, 1.807) is 0 Å². The Labute approximate surface area is 134 Å². The van der Waals surface area contributed by atoms with E-state index in [4.69, 9.17) is 0 Å². The molecule has 3 rings (SSSR count). The van der Waals surface area contributed by atoms with Crippen LogP contribution >= 0.6 is 0 Å². The number of amides is 1. The van der Waals surface area contributed by atoms with E-state index >= 15 is 0 Å². The van der Waals surface area contributed by atoms with Gasteiger partial charge in [0.1, 0.15) is 0 Å². The Morgan fingerprint density at radius 2 is 1.95 bits per heavy atom. The van der Waals surface area contributed by atoms with Gasteiger partial charge in [-0.3, -0.25) is 9.69 Å². The third-order valence-electron chi connectivity index (χ3n) is 5.41. The highest BCUT2D eigenvalue weighted by Gasteiger charge is 2.36. The van der Waals surface area contributed by atoms with Crippen LogP contribution in [0.1, 0.15) is 56.2 Å². The highest BCUT2D eigenvalue weighted by atomic mass is 16.2. The van der Waals surface area contributed by atoms with Gasteiger partial charge < -0.3 is 4.90 Å². The Morgan fingerprint density at radius 3 is 2.68 bits per heavy atom. The Morgan fingerprint density at radius 1 is 1.23 bits per heavy atom. The predicted molar refractivity (Wildman–Crippen MR) is 89.8 cm³/mol. The molecule has 120 valence electrons. The quantitative estimate of drug-likeness (QED) is 0.799. The summed E-state index contributed by atoms with van der Waals surface area (Å²) >= 11 is 0. The van der Waals surface area contributed by atoms with Crippen LogP contribution in [-0.2, 0) is 11.2 Å². The average molecular weight is 300 g/mol. The first-order valence-electron chi connectivity index (χ1n) is 8.80. The molecule has 3 nitrogen and oxygen atoms in total. The second-order valence-electron chi connectivity index (χ2n) is 6.70. The fraction of sp³-hybridized carbons (Fsp3) is 0.632. The number of likely N-dealkylation sites (N-methyl/N-ethyl adjacent to an activating group) is 1. The summed E-state index contributed by atoms with van der Waals surface area (Å²) in [5, 5.41) is 0. The largest absolute Gasteiger partial charge is 0.337 e. The first-order valence-corrected chi connectivity index (χ1v) is 8.80. The molecule has 2 aliphatic rings. The number of nitrogens with zero attached hydrogens (tertiary/aromatic N) is 2. The van der Waals surface area contributed by atoms with Gasteiger partial charge in [-0.15, -0.1) is 0 Å². The molecule has 22 heavy (non-hydrogen) atoms. The summed E-state index contributed by atoms with van der Waals surface area (Å²) < 4.78 is 0. The summed E-state index contributed by atoms with van der Waals surface area (Å²) in [6.07, 6.45) is 6.75. The van der Waals surface area contributed by atoms with Crippen molar-refractivity contribution in [1.29, 1.82) is 0 Å². The number of hydrogen-bond acceptors (Lipinski definition) is 2. The Hall–Kier alpha value is -1.35. The lowest BCUT2D eigenvalue weighted by Gasteiger charge is -2.39. The molecule has 0 radical (unpaired) electrons. The molecule has 1 aliphatic carbocycles. The highest BCUT2D eigenvalue weighted by molar-refractivity contribution is 5.76. The van der Waals surface area contributed by atoms with Gasteiger partial charge in [0.05, 0.1) is 6.04 Å². The Kier molecular flexibility index (Phi) is 4.82. The van der Waals surface area contributed by atoms with E-state index in [2.05, 4.69) is 29.2 Å². The lowest BCUT2D eigenvalue weighted by molar-refractivity contribution is -0.133. The van der Waals surface area contributed by atoms with Gasteiger partial charge in [0.25, 0.3) is 0 Å². The maximum atomic E-state index is 12.4. The molecule has 0 spiro atoms. The predicted octanol–water partition coefficient (Wildman–Crippen LogP) is 3.40. The summed E-state index contributed by atoms with van der Waals surface area (Å²) in [4.78, 5) is 17.1. The zero-order valence-corrected chi connectivity index (χ0v) is 13.9. The lowest BCUT2D eigenvalue weighted by atomic mass is 9.93. The third-order valence-corrected chi connectivity index (χ3v) is 5.41. The Bertz CT molecular complexity index is 522. The SMILES string of the molecule is CCC(=O)N(C)C1c2ccccc2CCCC1N1CCCC1. The maximum Gasteiger partial charge on any atom is 0.222 e. The molecule has 1 aliphatic heterocycles. The second-order valence-corrected chi connectivity index (χ2v) is 6.70. The number of carbonyl (C=O) groups is 1. The maximum absolute atomic E-state index is 12.4. The minimum Gasteiger partial charge on any atom is -0.337 e. The number of benzene rings is 1. The summed E-state index contributed by atoms with van der Waals surface area (Å²) in [6.45, 7) is 4.35. The molecule has 1 aromatic rings. The minimum atomic E-state index is 0.212. The van der Waals surface area contributed by atoms with E-state index in [0.29, 0.717) is 12.5 Å². The molecule has 0 saturated carbocycles. The zero-order chi connectivity index (χ0) is 15.5. The van der Waals surface area contributed by atoms with E-state index in [9.17, 15) is 4.79 Å². The number of aryl methyl sites for hydroxylation is 1. The summed E-state index contributed by atoms with van der Waals surface area (Å²) in [5.41, 5.74) is 2.81. The van der Waals surface area contributed by atoms with E-state index in [1.165, 1.54) is 49.9 Å². The van der Waals surface area contributed by atoms with Crippen LogP contribution in [0.3, 0.4) is 0 Å². The van der Waals surface area contributed by atoms with Crippen molar-refractivity contribution in [2.75, 3.05) is 20.1 Å². The molecule has 2 unspecified atom stereocenters. The van der Waals surface area contributed by atoms with Crippen molar-refractivity contribution in [2.45, 2.75) is 57.5 Å². The van der Waals surface area contributed by atoms with Crippen LogP contribution < -0.4 is 0 Å². The van der Waals surface area contributed by atoms with Crippen molar-refractivity contribution in [1.82, 2.24) is 9.80 Å². The van der Waals surface area contributed by atoms with Crippen molar-refractivity contribution in [2.24, 2.45) is 0 Å². The molecule has 1 aromatic carbocycles. The van der Waals surface area contributed by atoms with Crippen LogP contribution in [0.15, 0.2) is 24.3 Å². The normalized spacial score (nSPS) is 25.5. The molecule has 1 heterocycles. The van der Waals surface area contributed by atoms with Gasteiger partial charge in [-0.05, 0) is 56.3 Å². The molecule has 1 amide bonds. The first kappa shape index (κ1) is 15.5. The van der Waals surface area contributed by atoms with Crippen molar-refractivity contribution < 1.29 is 4.79 Å². The second kappa shape index (κ2) is 6.82. The topological polar surface area (TPSA) is 23.6 Å². The van der Waals surface area contributed by atoms with Crippen LogP contribution in [-0.4, -0.2) is 41.9 Å². The van der Waals surface area contributed by atoms with Crippen molar-refractivity contribution in [3.63, 3.8) is 0 Å². The van der Waals surface area contributed by atoms with Crippen LogP contribution in [0, 0.1) is 0 Å². The smallest absolute Gasteiger partial charge is 0.222 e. The van der Waals surface area contributed by atoms with Crippen LogP contribution in [0.5, 0.6) is 0 Å². The molecule has 0 N–H and O–H groups in total. The van der Waals surface area contributed by atoms with Crippen LogP contribution in [0.4, 0.5) is 0 Å². The fourth-order valence-corrected chi connectivity index (χ4v) is 4.24. The van der Waals surface area contributed by atoms with E-state index < -0.39 is 0 Å². The summed E-state index contributed by atoms with van der Waals surface area (Å²) in [7, 11) is 2.00. The number of likely N-dealkylation sites (tertiary alicyclic amines) is 1. The number of carbonyl (C=O) groups excluding carboxylic acids is 1. The van der Waals surface area contributed by atoms with Crippen molar-refractivity contribution in [3.8, 4) is 0 Å². The molecule has 1 fully saturated rings. The fourth-order valence-electron chi connectivity index (χ4n) is 4.24. The summed E-state index contributed by atoms with van der Waals surface area (Å²) in [5.74, 6) is 0.255. The molecule has 2 atom stereocenters. The molecular formula is C19H28N2O. The number of hydrogen-bond donors (Lipinski definition) is 0.